The van der Waals surface area contributed by atoms with Gasteiger partial charge < -0.3 is 10.1 Å². The molecular formula is C14H25NO3. The molecule has 0 radical (unpaired) electrons. The summed E-state index contributed by atoms with van der Waals surface area (Å²) < 4.78 is 5.01. The minimum Gasteiger partial charge on any atom is -0.460 e. The van der Waals surface area contributed by atoms with Crippen molar-refractivity contribution >= 4 is 11.9 Å². The number of nitrogens with one attached hydrogen (secondary N) is 1. The lowest BCUT2D eigenvalue weighted by molar-refractivity contribution is -0.140. The molecule has 4 nitrogen and oxygen atoms in total. The second-order valence-electron chi connectivity index (χ2n) is 5.35. The van der Waals surface area contributed by atoms with Crippen molar-refractivity contribution in [2.45, 2.75) is 47.0 Å². The van der Waals surface area contributed by atoms with E-state index in [9.17, 15) is 9.59 Å². The van der Waals surface area contributed by atoms with Crippen LogP contribution in [0.4, 0.5) is 0 Å². The molecule has 0 spiro atoms. The summed E-state index contributed by atoms with van der Waals surface area (Å²) in [7, 11) is 0. The van der Waals surface area contributed by atoms with Crippen LogP contribution < -0.4 is 5.32 Å². The highest BCUT2D eigenvalue weighted by atomic mass is 16.5. The Morgan fingerprint density at radius 3 is 2.39 bits per heavy atom. The van der Waals surface area contributed by atoms with Crippen molar-refractivity contribution < 1.29 is 14.3 Å². The van der Waals surface area contributed by atoms with Crippen molar-refractivity contribution in [2.24, 2.45) is 5.41 Å². The molecule has 0 aliphatic rings. The van der Waals surface area contributed by atoms with Gasteiger partial charge in [-0.05, 0) is 12.8 Å². The van der Waals surface area contributed by atoms with Gasteiger partial charge in [0.05, 0.1) is 6.54 Å². The highest BCUT2D eigenvalue weighted by molar-refractivity contribution is 5.87. The Balaban J connectivity index is 3.76. The van der Waals surface area contributed by atoms with Crippen molar-refractivity contribution in [3.63, 3.8) is 0 Å². The predicted octanol–water partition coefficient (Wildman–Crippen LogP) is 2.44. The Morgan fingerprint density at radius 1 is 1.28 bits per heavy atom. The van der Waals surface area contributed by atoms with Crippen LogP contribution >= 0.6 is 0 Å². The predicted molar refractivity (Wildman–Crippen MR) is 72.1 cm³/mol. The Kier molecular flexibility index (Phi) is 7.32. The van der Waals surface area contributed by atoms with Crippen LogP contribution in [0.15, 0.2) is 12.2 Å². The molecule has 0 heterocycles. The van der Waals surface area contributed by atoms with Crippen LogP contribution in [0.3, 0.4) is 0 Å². The van der Waals surface area contributed by atoms with Gasteiger partial charge in [0.1, 0.15) is 6.61 Å². The van der Waals surface area contributed by atoms with Crippen LogP contribution in [0.2, 0.25) is 0 Å². The first-order chi connectivity index (χ1) is 8.29. The molecule has 0 rings (SSSR count). The number of unbranched alkanes of at least 4 members (excludes halogenated alkanes) is 1. The maximum atomic E-state index is 11.5. The van der Waals surface area contributed by atoms with E-state index in [1.54, 1.807) is 0 Å². The Bertz CT molecular complexity index is 303. The second kappa shape index (κ2) is 7.90. The van der Waals surface area contributed by atoms with Crippen molar-refractivity contribution in [3.05, 3.63) is 12.2 Å². The first kappa shape index (κ1) is 16.7. The van der Waals surface area contributed by atoms with Crippen LogP contribution in [-0.4, -0.2) is 25.0 Å². The van der Waals surface area contributed by atoms with Gasteiger partial charge in [0.2, 0.25) is 5.91 Å². The Hall–Kier alpha value is -1.32. The van der Waals surface area contributed by atoms with Gasteiger partial charge in [0, 0.05) is 11.0 Å². The van der Waals surface area contributed by atoms with Crippen molar-refractivity contribution in [3.8, 4) is 0 Å². The van der Waals surface area contributed by atoms with Gasteiger partial charge in [0.25, 0.3) is 0 Å². The van der Waals surface area contributed by atoms with E-state index in [0.717, 1.165) is 12.8 Å². The molecule has 104 valence electrons. The van der Waals surface area contributed by atoms with Gasteiger partial charge in [-0.2, -0.15) is 0 Å². The van der Waals surface area contributed by atoms with Crippen LogP contribution in [-0.2, 0) is 14.3 Å². The molecule has 0 aliphatic heterocycles. The molecule has 18 heavy (non-hydrogen) atoms. The van der Waals surface area contributed by atoms with E-state index in [4.69, 9.17) is 4.74 Å². The summed E-state index contributed by atoms with van der Waals surface area (Å²) in [5, 5.41) is 2.71. The van der Waals surface area contributed by atoms with E-state index in [1.165, 1.54) is 0 Å². The third-order valence-corrected chi connectivity index (χ3v) is 2.42. The second-order valence-corrected chi connectivity index (χ2v) is 5.35. The maximum absolute atomic E-state index is 11.5. The fraction of sp³-hybridized carbons (Fsp3) is 0.714. The highest BCUT2D eigenvalue weighted by Gasteiger charge is 2.20. The molecule has 0 saturated heterocycles. The summed E-state index contributed by atoms with van der Waals surface area (Å²) in [4.78, 5) is 23.0. The fourth-order valence-corrected chi connectivity index (χ4v) is 1.17. The molecule has 0 aromatic carbocycles. The van der Waals surface area contributed by atoms with Gasteiger partial charge in [-0.1, -0.05) is 40.7 Å². The van der Waals surface area contributed by atoms with Crippen LogP contribution in [0.25, 0.3) is 0 Å². The molecule has 1 amide bonds. The average Bonchev–Trinajstić information content (AvgIpc) is 2.29. The number of hydrogen-bond acceptors (Lipinski definition) is 3. The van der Waals surface area contributed by atoms with E-state index in [2.05, 4.69) is 18.8 Å². The maximum Gasteiger partial charge on any atom is 0.333 e. The minimum atomic E-state index is -0.422. The molecule has 0 aliphatic carbocycles. The minimum absolute atomic E-state index is 0.0524. The monoisotopic (exact) mass is 255 g/mol. The van der Waals surface area contributed by atoms with Crippen molar-refractivity contribution in [2.75, 3.05) is 13.2 Å². The number of amides is 1. The summed E-state index contributed by atoms with van der Waals surface area (Å²) in [5.74, 6) is -0.420. The summed E-state index contributed by atoms with van der Waals surface area (Å²) in [6, 6.07) is 0. The molecule has 4 heteroatoms. The zero-order chi connectivity index (χ0) is 14.2. The van der Waals surface area contributed by atoms with E-state index >= 15 is 0 Å². The zero-order valence-corrected chi connectivity index (χ0v) is 12.0. The number of rotatable bonds is 7. The van der Waals surface area contributed by atoms with Gasteiger partial charge in [-0.25, -0.2) is 4.79 Å². The lowest BCUT2D eigenvalue weighted by Gasteiger charge is -2.17. The van der Waals surface area contributed by atoms with Crippen molar-refractivity contribution in [1.29, 1.82) is 0 Å². The SMILES string of the molecule is C=C(CCCC)C(=O)OCCNC(=O)C(C)(C)C. The number of carbonyl (C=O) groups excluding carboxylic acids is 2. The molecule has 0 bridgehead atoms. The van der Waals surface area contributed by atoms with Crippen LogP contribution in [0, 0.1) is 5.41 Å². The Morgan fingerprint density at radius 2 is 1.89 bits per heavy atom. The number of carbonyl (C=O) groups is 2. The van der Waals surface area contributed by atoms with Crippen LogP contribution in [0.5, 0.6) is 0 Å². The summed E-state index contributed by atoms with van der Waals surface area (Å²) >= 11 is 0. The number of esters is 1. The summed E-state index contributed by atoms with van der Waals surface area (Å²) in [5.41, 5.74) is 0.0772. The molecule has 0 fully saturated rings. The molecular weight excluding hydrogens is 230 g/mol. The van der Waals surface area contributed by atoms with E-state index in [-0.39, 0.29) is 18.5 Å². The van der Waals surface area contributed by atoms with Crippen LogP contribution in [0.1, 0.15) is 47.0 Å². The van der Waals surface area contributed by atoms with Gasteiger partial charge in [-0.15, -0.1) is 0 Å². The fourth-order valence-electron chi connectivity index (χ4n) is 1.17. The third kappa shape index (κ3) is 7.09. The molecule has 0 atom stereocenters. The largest absolute Gasteiger partial charge is 0.460 e. The molecule has 1 N–H and O–H groups in total. The highest BCUT2D eigenvalue weighted by Crippen LogP contribution is 2.12. The standard InChI is InChI=1S/C14H25NO3/c1-6-7-8-11(2)12(16)18-10-9-15-13(17)14(3,4)5/h2,6-10H2,1,3-5H3,(H,15,17). The molecule has 0 aromatic heterocycles. The zero-order valence-electron chi connectivity index (χ0n) is 12.0. The van der Waals surface area contributed by atoms with Gasteiger partial charge in [-0.3, -0.25) is 4.79 Å². The summed E-state index contributed by atoms with van der Waals surface area (Å²) in [6.45, 7) is 11.8. The van der Waals surface area contributed by atoms with E-state index in [0.29, 0.717) is 18.5 Å². The number of hydrogen-bond donors (Lipinski definition) is 1. The topological polar surface area (TPSA) is 55.4 Å². The molecule has 0 aromatic rings. The molecule has 0 saturated carbocycles. The smallest absolute Gasteiger partial charge is 0.333 e. The van der Waals surface area contributed by atoms with Crippen molar-refractivity contribution in [1.82, 2.24) is 5.32 Å². The van der Waals surface area contributed by atoms with E-state index in [1.807, 2.05) is 20.8 Å². The van der Waals surface area contributed by atoms with Gasteiger partial charge >= 0.3 is 5.97 Å². The number of ether oxygens (including phenoxy) is 1. The summed E-state index contributed by atoms with van der Waals surface area (Å²) in [6.07, 6.45) is 2.63. The Labute approximate surface area is 110 Å². The lowest BCUT2D eigenvalue weighted by atomic mass is 9.96. The normalized spacial score (nSPS) is 10.9. The van der Waals surface area contributed by atoms with E-state index < -0.39 is 5.41 Å². The third-order valence-electron chi connectivity index (χ3n) is 2.42. The first-order valence-electron chi connectivity index (χ1n) is 6.42. The molecule has 0 unspecified atom stereocenters. The van der Waals surface area contributed by atoms with Gasteiger partial charge in [0.15, 0.2) is 0 Å². The average molecular weight is 255 g/mol. The first-order valence-corrected chi connectivity index (χ1v) is 6.42. The quantitative estimate of drug-likeness (QED) is 0.432. The lowest BCUT2D eigenvalue weighted by Crippen LogP contribution is -2.37.